The first-order chi connectivity index (χ1) is 9.02. The van der Waals surface area contributed by atoms with Crippen molar-refractivity contribution in [3.05, 3.63) is 63.6 Å². The molecule has 2 rings (SSSR count). The first-order valence-corrected chi connectivity index (χ1v) is 6.68. The van der Waals surface area contributed by atoms with Gasteiger partial charge in [0, 0.05) is 11.6 Å². The minimum atomic E-state index is -0.692. The van der Waals surface area contributed by atoms with Crippen molar-refractivity contribution < 1.29 is 13.5 Å². The lowest BCUT2D eigenvalue weighted by atomic mass is 10.0. The quantitative estimate of drug-likeness (QED) is 0.705. The first-order valence-electron chi connectivity index (χ1n) is 5.45. The maximum absolute atomic E-state index is 13.7. The molecule has 1 atom stereocenters. The van der Waals surface area contributed by atoms with Crippen molar-refractivity contribution in [2.24, 2.45) is 0 Å². The minimum Gasteiger partial charge on any atom is -0.496 e. The molecule has 5 heteroatoms. The average Bonchev–Trinajstić information content (AvgIpc) is 2.38. The van der Waals surface area contributed by atoms with Crippen molar-refractivity contribution in [1.29, 1.82) is 0 Å². The SMILES string of the molecule is COc1ccc(C(Cl)c2ccc(F)cc2F)cc1Br. The minimum absolute atomic E-state index is 0.236. The van der Waals surface area contributed by atoms with Crippen LogP contribution in [0.15, 0.2) is 40.9 Å². The predicted octanol–water partition coefficient (Wildman–Crippen LogP) is 5.06. The second kappa shape index (κ2) is 5.88. The molecule has 0 aromatic heterocycles. The van der Waals surface area contributed by atoms with Crippen molar-refractivity contribution in [3.63, 3.8) is 0 Å². The number of rotatable bonds is 3. The van der Waals surface area contributed by atoms with Gasteiger partial charge in [-0.1, -0.05) is 12.1 Å². The Morgan fingerprint density at radius 1 is 1.16 bits per heavy atom. The molecule has 0 N–H and O–H groups in total. The number of benzene rings is 2. The maximum Gasteiger partial charge on any atom is 0.133 e. The molecule has 100 valence electrons. The van der Waals surface area contributed by atoms with Crippen LogP contribution in [0.1, 0.15) is 16.5 Å². The number of alkyl halides is 1. The van der Waals surface area contributed by atoms with Crippen LogP contribution in [0.3, 0.4) is 0 Å². The second-order valence-corrected chi connectivity index (χ2v) is 5.21. The van der Waals surface area contributed by atoms with Gasteiger partial charge in [-0.25, -0.2) is 8.78 Å². The van der Waals surface area contributed by atoms with E-state index in [9.17, 15) is 8.78 Å². The van der Waals surface area contributed by atoms with E-state index in [0.29, 0.717) is 11.3 Å². The molecule has 0 radical (unpaired) electrons. The van der Waals surface area contributed by atoms with Crippen LogP contribution in [-0.4, -0.2) is 7.11 Å². The van der Waals surface area contributed by atoms with E-state index in [4.69, 9.17) is 16.3 Å². The lowest BCUT2D eigenvalue weighted by molar-refractivity contribution is 0.412. The van der Waals surface area contributed by atoms with Gasteiger partial charge in [-0.05, 0) is 39.7 Å². The lowest BCUT2D eigenvalue weighted by Gasteiger charge is -2.13. The van der Waals surface area contributed by atoms with Crippen molar-refractivity contribution >= 4 is 27.5 Å². The molecule has 0 aliphatic heterocycles. The maximum atomic E-state index is 13.7. The molecule has 0 heterocycles. The average molecular weight is 348 g/mol. The summed E-state index contributed by atoms with van der Waals surface area (Å²) in [7, 11) is 1.55. The van der Waals surface area contributed by atoms with E-state index in [2.05, 4.69) is 15.9 Å². The fourth-order valence-corrected chi connectivity index (χ4v) is 2.60. The Labute approximate surface area is 123 Å². The summed E-state index contributed by atoms with van der Waals surface area (Å²) in [6, 6.07) is 8.58. The highest BCUT2D eigenvalue weighted by atomic mass is 79.9. The zero-order chi connectivity index (χ0) is 14.0. The Hall–Kier alpha value is -1.13. The molecule has 2 aromatic carbocycles. The van der Waals surface area contributed by atoms with E-state index in [1.165, 1.54) is 12.1 Å². The zero-order valence-corrected chi connectivity index (χ0v) is 12.3. The summed E-state index contributed by atoms with van der Waals surface area (Å²) in [4.78, 5) is 0. The summed E-state index contributed by atoms with van der Waals surface area (Å²) in [5.41, 5.74) is 0.931. The molecule has 0 saturated carbocycles. The number of hydrogen-bond acceptors (Lipinski definition) is 1. The van der Waals surface area contributed by atoms with Crippen LogP contribution in [0.5, 0.6) is 5.75 Å². The highest BCUT2D eigenvalue weighted by Crippen LogP contribution is 2.35. The molecule has 2 aromatic rings. The molecule has 0 spiro atoms. The number of hydrogen-bond donors (Lipinski definition) is 0. The summed E-state index contributed by atoms with van der Waals surface area (Å²) in [6.45, 7) is 0. The van der Waals surface area contributed by atoms with Gasteiger partial charge in [-0.15, -0.1) is 11.6 Å². The molecule has 1 unspecified atom stereocenters. The van der Waals surface area contributed by atoms with E-state index >= 15 is 0 Å². The van der Waals surface area contributed by atoms with Crippen molar-refractivity contribution in [3.8, 4) is 5.75 Å². The summed E-state index contributed by atoms with van der Waals surface area (Å²) < 4.78 is 32.4. The van der Waals surface area contributed by atoms with Gasteiger partial charge in [0.1, 0.15) is 17.4 Å². The van der Waals surface area contributed by atoms with Crippen LogP contribution in [0, 0.1) is 11.6 Å². The van der Waals surface area contributed by atoms with Crippen LogP contribution >= 0.6 is 27.5 Å². The van der Waals surface area contributed by atoms with Crippen molar-refractivity contribution in [1.82, 2.24) is 0 Å². The molecule has 0 saturated heterocycles. The van der Waals surface area contributed by atoms with Crippen molar-refractivity contribution in [2.75, 3.05) is 7.11 Å². The van der Waals surface area contributed by atoms with E-state index in [1.54, 1.807) is 25.3 Å². The molecule has 0 fully saturated rings. The Morgan fingerprint density at radius 3 is 2.47 bits per heavy atom. The predicted molar refractivity (Wildman–Crippen MR) is 74.7 cm³/mol. The monoisotopic (exact) mass is 346 g/mol. The van der Waals surface area contributed by atoms with Crippen LogP contribution in [0.2, 0.25) is 0 Å². The third-order valence-corrected chi connectivity index (χ3v) is 3.81. The van der Waals surface area contributed by atoms with E-state index in [1.807, 2.05) is 0 Å². The summed E-state index contributed by atoms with van der Waals surface area (Å²) in [5, 5.41) is -0.692. The van der Waals surface area contributed by atoms with Gasteiger partial charge in [0.05, 0.1) is 17.0 Å². The topological polar surface area (TPSA) is 9.23 Å². The van der Waals surface area contributed by atoms with Crippen LogP contribution in [-0.2, 0) is 0 Å². The molecular weight excluding hydrogens is 338 g/mol. The Bertz CT molecular complexity index is 604. The Kier molecular flexibility index (Phi) is 4.42. The Morgan fingerprint density at radius 2 is 1.89 bits per heavy atom. The molecule has 0 aliphatic rings. The third-order valence-electron chi connectivity index (χ3n) is 2.70. The fraction of sp³-hybridized carbons (Fsp3) is 0.143. The van der Waals surface area contributed by atoms with E-state index in [-0.39, 0.29) is 5.56 Å². The van der Waals surface area contributed by atoms with Gasteiger partial charge in [-0.2, -0.15) is 0 Å². The second-order valence-electron chi connectivity index (χ2n) is 3.92. The highest BCUT2D eigenvalue weighted by Gasteiger charge is 2.17. The number of ether oxygens (including phenoxy) is 1. The normalized spacial score (nSPS) is 12.3. The van der Waals surface area contributed by atoms with Crippen LogP contribution < -0.4 is 4.74 Å². The molecule has 19 heavy (non-hydrogen) atoms. The van der Waals surface area contributed by atoms with Crippen molar-refractivity contribution in [2.45, 2.75) is 5.38 Å². The van der Waals surface area contributed by atoms with Gasteiger partial charge < -0.3 is 4.74 Å². The smallest absolute Gasteiger partial charge is 0.133 e. The van der Waals surface area contributed by atoms with Crippen LogP contribution in [0.4, 0.5) is 8.78 Å². The summed E-state index contributed by atoms with van der Waals surface area (Å²) >= 11 is 9.57. The van der Waals surface area contributed by atoms with Crippen LogP contribution in [0.25, 0.3) is 0 Å². The first kappa shape index (κ1) is 14.3. The summed E-state index contributed by atoms with van der Waals surface area (Å²) in [6.07, 6.45) is 0. The fourth-order valence-electron chi connectivity index (χ4n) is 1.73. The molecular formula is C14H10BrClF2O. The summed E-state index contributed by atoms with van der Waals surface area (Å²) in [5.74, 6) is -0.625. The third kappa shape index (κ3) is 3.07. The standard InChI is InChI=1S/C14H10BrClF2O/c1-19-13-5-2-8(6-11(13)15)14(16)10-4-3-9(17)7-12(10)18/h2-7,14H,1H3. The molecule has 0 aliphatic carbocycles. The lowest BCUT2D eigenvalue weighted by Crippen LogP contribution is -1.98. The molecule has 0 amide bonds. The zero-order valence-electron chi connectivity index (χ0n) is 9.96. The largest absolute Gasteiger partial charge is 0.496 e. The van der Waals surface area contributed by atoms with E-state index < -0.39 is 17.0 Å². The van der Waals surface area contributed by atoms with E-state index in [0.717, 1.165) is 10.5 Å². The van der Waals surface area contributed by atoms with Gasteiger partial charge in [0.2, 0.25) is 0 Å². The number of halogens is 4. The molecule has 1 nitrogen and oxygen atoms in total. The van der Waals surface area contributed by atoms with Gasteiger partial charge in [-0.3, -0.25) is 0 Å². The highest BCUT2D eigenvalue weighted by molar-refractivity contribution is 9.10. The van der Waals surface area contributed by atoms with Gasteiger partial charge >= 0.3 is 0 Å². The van der Waals surface area contributed by atoms with Gasteiger partial charge in [0.15, 0.2) is 0 Å². The Balaban J connectivity index is 2.38. The number of methoxy groups -OCH3 is 1. The molecule has 0 bridgehead atoms. The van der Waals surface area contributed by atoms with Gasteiger partial charge in [0.25, 0.3) is 0 Å².